The lowest BCUT2D eigenvalue weighted by molar-refractivity contribution is -0.124. The average Bonchev–Trinajstić information content (AvgIpc) is 2.45. The number of nitrogens with zero attached hydrogens (tertiary/aromatic N) is 1. The first-order valence-corrected chi connectivity index (χ1v) is 7.23. The third-order valence-electron chi connectivity index (χ3n) is 3.70. The van der Waals surface area contributed by atoms with E-state index in [1.807, 2.05) is 38.1 Å². The molecule has 1 N–H and O–H groups in total. The molecule has 0 aliphatic carbocycles. The minimum atomic E-state index is -0.873. The predicted octanol–water partition coefficient (Wildman–Crippen LogP) is 3.24. The SMILES string of the molecule is CC(C)c1ccc(OCC(=O)NC(C)(C#N)C(C)C)cc1. The smallest absolute Gasteiger partial charge is 0.259 e. The third-order valence-corrected chi connectivity index (χ3v) is 3.70. The van der Waals surface area contributed by atoms with Crippen LogP contribution < -0.4 is 10.1 Å². The van der Waals surface area contributed by atoms with Gasteiger partial charge in [-0.15, -0.1) is 0 Å². The molecule has 1 amide bonds. The van der Waals surface area contributed by atoms with Gasteiger partial charge in [0.15, 0.2) is 6.61 Å². The Morgan fingerprint density at radius 1 is 1.29 bits per heavy atom. The summed E-state index contributed by atoms with van der Waals surface area (Å²) in [5.41, 5.74) is 0.353. The molecule has 1 aromatic rings. The highest BCUT2D eigenvalue weighted by molar-refractivity contribution is 5.78. The number of carbonyl (C=O) groups is 1. The quantitative estimate of drug-likeness (QED) is 0.874. The molecule has 1 atom stereocenters. The molecule has 4 nitrogen and oxygen atoms in total. The van der Waals surface area contributed by atoms with E-state index in [4.69, 9.17) is 10.00 Å². The van der Waals surface area contributed by atoms with Crippen LogP contribution in [0.1, 0.15) is 46.1 Å². The van der Waals surface area contributed by atoms with Crippen LogP contribution in [0, 0.1) is 17.2 Å². The van der Waals surface area contributed by atoms with Crippen molar-refractivity contribution in [1.82, 2.24) is 5.32 Å². The van der Waals surface area contributed by atoms with Crippen LogP contribution in [-0.2, 0) is 4.79 Å². The minimum Gasteiger partial charge on any atom is -0.484 e. The highest BCUT2D eigenvalue weighted by Crippen LogP contribution is 2.19. The van der Waals surface area contributed by atoms with E-state index in [0.717, 1.165) is 0 Å². The lowest BCUT2D eigenvalue weighted by atomic mass is 9.90. The molecule has 0 bridgehead atoms. The summed E-state index contributed by atoms with van der Waals surface area (Å²) in [6.07, 6.45) is 0. The summed E-state index contributed by atoms with van der Waals surface area (Å²) in [5.74, 6) is 0.847. The summed E-state index contributed by atoms with van der Waals surface area (Å²) in [4.78, 5) is 11.9. The second-order valence-electron chi connectivity index (χ2n) is 6.03. The first-order valence-electron chi connectivity index (χ1n) is 7.23. The fraction of sp³-hybridized carbons (Fsp3) is 0.529. The van der Waals surface area contributed by atoms with Crippen molar-refractivity contribution in [1.29, 1.82) is 5.26 Å². The first-order chi connectivity index (χ1) is 9.78. The largest absolute Gasteiger partial charge is 0.484 e. The third kappa shape index (κ3) is 4.78. The standard InChI is InChI=1S/C17H24N2O2/c1-12(2)14-6-8-15(9-7-14)21-10-16(20)19-17(5,11-18)13(3)4/h6-9,12-13H,10H2,1-5H3,(H,19,20). The Morgan fingerprint density at radius 3 is 2.29 bits per heavy atom. The molecular weight excluding hydrogens is 264 g/mol. The van der Waals surface area contributed by atoms with Crippen LogP contribution in [0.3, 0.4) is 0 Å². The van der Waals surface area contributed by atoms with Gasteiger partial charge in [-0.2, -0.15) is 5.26 Å². The Labute approximate surface area is 127 Å². The molecule has 0 aliphatic heterocycles. The van der Waals surface area contributed by atoms with Crippen LogP contribution in [-0.4, -0.2) is 18.1 Å². The number of carbonyl (C=O) groups excluding carboxylic acids is 1. The number of ether oxygens (including phenoxy) is 1. The molecule has 1 rings (SSSR count). The Balaban J connectivity index is 2.55. The van der Waals surface area contributed by atoms with Gasteiger partial charge < -0.3 is 10.1 Å². The number of amides is 1. The number of hydrogen-bond acceptors (Lipinski definition) is 3. The van der Waals surface area contributed by atoms with Gasteiger partial charge in [0.25, 0.3) is 5.91 Å². The molecule has 0 saturated heterocycles. The molecule has 4 heteroatoms. The van der Waals surface area contributed by atoms with Crippen molar-refractivity contribution in [2.24, 2.45) is 5.92 Å². The molecule has 0 heterocycles. The number of rotatable bonds is 6. The van der Waals surface area contributed by atoms with Crippen molar-refractivity contribution in [3.63, 3.8) is 0 Å². The van der Waals surface area contributed by atoms with Crippen LogP contribution in [0.15, 0.2) is 24.3 Å². The maximum atomic E-state index is 11.9. The van der Waals surface area contributed by atoms with E-state index >= 15 is 0 Å². The molecule has 0 radical (unpaired) electrons. The van der Waals surface area contributed by atoms with Gasteiger partial charge in [0.2, 0.25) is 0 Å². The zero-order valence-electron chi connectivity index (χ0n) is 13.4. The van der Waals surface area contributed by atoms with Gasteiger partial charge >= 0.3 is 0 Å². The number of benzene rings is 1. The Morgan fingerprint density at radius 2 is 1.86 bits per heavy atom. The van der Waals surface area contributed by atoms with Crippen molar-refractivity contribution in [3.8, 4) is 11.8 Å². The van der Waals surface area contributed by atoms with Crippen LogP contribution in [0.2, 0.25) is 0 Å². The van der Waals surface area contributed by atoms with Gasteiger partial charge in [-0.1, -0.05) is 39.8 Å². The monoisotopic (exact) mass is 288 g/mol. The number of nitrogens with one attached hydrogen (secondary N) is 1. The average molecular weight is 288 g/mol. The van der Waals surface area contributed by atoms with E-state index in [1.54, 1.807) is 6.92 Å². The Kier molecular flexibility index (Phi) is 5.78. The zero-order chi connectivity index (χ0) is 16.0. The van der Waals surface area contributed by atoms with E-state index in [2.05, 4.69) is 25.2 Å². The minimum absolute atomic E-state index is 0.0248. The molecule has 21 heavy (non-hydrogen) atoms. The molecule has 1 unspecified atom stereocenters. The first kappa shape index (κ1) is 17.0. The van der Waals surface area contributed by atoms with E-state index in [0.29, 0.717) is 11.7 Å². The zero-order valence-corrected chi connectivity index (χ0v) is 13.4. The van der Waals surface area contributed by atoms with Crippen molar-refractivity contribution >= 4 is 5.91 Å². The summed E-state index contributed by atoms with van der Waals surface area (Å²) >= 11 is 0. The van der Waals surface area contributed by atoms with Gasteiger partial charge in [-0.25, -0.2) is 0 Å². The topological polar surface area (TPSA) is 62.1 Å². The predicted molar refractivity (Wildman–Crippen MR) is 83.0 cm³/mol. The van der Waals surface area contributed by atoms with Crippen molar-refractivity contribution in [3.05, 3.63) is 29.8 Å². The highest BCUT2D eigenvalue weighted by Gasteiger charge is 2.29. The van der Waals surface area contributed by atoms with Crippen molar-refractivity contribution < 1.29 is 9.53 Å². The van der Waals surface area contributed by atoms with E-state index in [1.165, 1.54) is 5.56 Å². The summed E-state index contributed by atoms with van der Waals surface area (Å²) in [7, 11) is 0. The van der Waals surface area contributed by atoms with Gasteiger partial charge in [0, 0.05) is 0 Å². The van der Waals surface area contributed by atoms with Crippen LogP contribution >= 0.6 is 0 Å². The molecule has 0 aliphatic rings. The van der Waals surface area contributed by atoms with E-state index < -0.39 is 5.54 Å². The van der Waals surface area contributed by atoms with Gasteiger partial charge in [0.05, 0.1) is 6.07 Å². The maximum absolute atomic E-state index is 11.9. The summed E-state index contributed by atoms with van der Waals surface area (Å²) in [6, 6.07) is 9.83. The fourth-order valence-electron chi connectivity index (χ4n) is 1.72. The number of hydrogen-bond donors (Lipinski definition) is 1. The second kappa shape index (κ2) is 7.12. The molecular formula is C17H24N2O2. The fourth-order valence-corrected chi connectivity index (χ4v) is 1.72. The highest BCUT2D eigenvalue weighted by atomic mass is 16.5. The van der Waals surface area contributed by atoms with Gasteiger partial charge in [-0.3, -0.25) is 4.79 Å². The van der Waals surface area contributed by atoms with E-state index in [9.17, 15) is 4.79 Å². The van der Waals surface area contributed by atoms with E-state index in [-0.39, 0.29) is 18.4 Å². The summed E-state index contributed by atoms with van der Waals surface area (Å²) in [6.45, 7) is 9.66. The second-order valence-corrected chi connectivity index (χ2v) is 6.03. The van der Waals surface area contributed by atoms with Crippen LogP contribution in [0.25, 0.3) is 0 Å². The number of nitriles is 1. The Hall–Kier alpha value is -2.02. The normalized spacial score (nSPS) is 13.6. The lowest BCUT2D eigenvalue weighted by Gasteiger charge is -2.27. The molecule has 0 aromatic heterocycles. The van der Waals surface area contributed by atoms with Crippen LogP contribution in [0.4, 0.5) is 0 Å². The molecule has 1 aromatic carbocycles. The van der Waals surface area contributed by atoms with Crippen molar-refractivity contribution in [2.75, 3.05) is 6.61 Å². The summed E-state index contributed by atoms with van der Waals surface area (Å²) in [5, 5.41) is 11.9. The molecule has 0 fully saturated rings. The van der Waals surface area contributed by atoms with Crippen LogP contribution in [0.5, 0.6) is 5.75 Å². The van der Waals surface area contributed by atoms with Crippen molar-refractivity contribution in [2.45, 2.75) is 46.1 Å². The lowest BCUT2D eigenvalue weighted by Crippen LogP contribution is -2.50. The van der Waals surface area contributed by atoms with Gasteiger partial charge in [-0.05, 0) is 36.5 Å². The van der Waals surface area contributed by atoms with Gasteiger partial charge in [0.1, 0.15) is 11.3 Å². The molecule has 0 spiro atoms. The molecule has 114 valence electrons. The Bertz CT molecular complexity index is 515. The summed E-state index contributed by atoms with van der Waals surface area (Å²) < 4.78 is 5.45. The maximum Gasteiger partial charge on any atom is 0.259 e. The molecule has 0 saturated carbocycles.